The fourth-order valence-corrected chi connectivity index (χ4v) is 0. The molecule has 0 aromatic heterocycles. The second-order valence-corrected chi connectivity index (χ2v) is 0.316. The summed E-state index contributed by atoms with van der Waals surface area (Å²) in [4.78, 5) is 0. The summed E-state index contributed by atoms with van der Waals surface area (Å²) in [6, 6.07) is 0. The third kappa shape index (κ3) is 27.0. The zero-order valence-electron chi connectivity index (χ0n) is 3.84. The molecule has 5 heavy (non-hydrogen) atoms. The van der Waals surface area contributed by atoms with E-state index in [1.54, 1.807) is 0 Å². The molecule has 0 aromatic carbocycles. The van der Waals surface area contributed by atoms with Crippen molar-refractivity contribution >= 4 is 15.5 Å². The maximum absolute atomic E-state index is 8.57. The molecule has 0 amide bonds. The minimum absolute atomic E-state index is 0. The standard InChI is InChI=1S/Al.FH.K.H2O.O.H/h;1H;;1H2;;/q+1;;+1;;;-1/p-1. The Kier molecular flexibility index (Phi) is 54.9. The topological polar surface area (TPSA) is 37.3 Å². The van der Waals surface area contributed by atoms with Crippen LogP contribution in [0.1, 0.15) is 1.43 Å². The van der Waals surface area contributed by atoms with Crippen molar-refractivity contribution in [1.29, 1.82) is 0 Å². The van der Waals surface area contributed by atoms with E-state index in [4.69, 9.17) is 7.96 Å². The molecule has 0 aliphatic carbocycles. The predicted molar refractivity (Wildman–Crippen MR) is 12.3 cm³/mol. The van der Waals surface area contributed by atoms with Gasteiger partial charge >= 0.3 is 74.8 Å². The van der Waals surface area contributed by atoms with Gasteiger partial charge in [0.05, 0.1) is 0 Å². The van der Waals surface area contributed by atoms with E-state index < -0.39 is 15.5 Å². The van der Waals surface area contributed by atoms with E-state index in [2.05, 4.69) is 0 Å². The van der Waals surface area contributed by atoms with E-state index in [0.717, 1.165) is 0 Å². The summed E-state index contributed by atoms with van der Waals surface area (Å²) < 4.78 is 15.7. The van der Waals surface area contributed by atoms with Gasteiger partial charge in [-0.05, 0) is 0 Å². The Hall–Kier alpha value is 1.70. The van der Waals surface area contributed by atoms with Crippen LogP contribution in [0.5, 0.6) is 0 Å². The molecule has 0 aliphatic rings. The van der Waals surface area contributed by atoms with Crippen molar-refractivity contribution in [3.63, 3.8) is 0 Å². The molecule has 0 aromatic rings. The fourth-order valence-electron chi connectivity index (χ4n) is 0. The van der Waals surface area contributed by atoms with Crippen molar-refractivity contribution in [2.45, 2.75) is 0 Å². The molecule has 0 saturated carbocycles. The second kappa shape index (κ2) is 17.3. The fraction of sp³-hybridized carbons (Fsp3) is 0. The molecule has 26 valence electrons. The molecule has 0 fully saturated rings. The van der Waals surface area contributed by atoms with Crippen molar-refractivity contribution in [1.82, 2.24) is 0 Å². The molecule has 0 radical (unpaired) electrons. The number of hydrogen-bond donors (Lipinski definition) is 1. The third-order valence-electron chi connectivity index (χ3n) is 0. The molecule has 5 heteroatoms. The summed E-state index contributed by atoms with van der Waals surface area (Å²) in [5, 5.41) is 0. The quantitative estimate of drug-likeness (QED) is 0.333. The molecule has 0 heterocycles. The van der Waals surface area contributed by atoms with Crippen LogP contribution in [-0.2, 0) is 3.80 Å². The summed E-state index contributed by atoms with van der Waals surface area (Å²) in [6.07, 6.45) is 0. The van der Waals surface area contributed by atoms with Crippen molar-refractivity contribution in [2.24, 2.45) is 0 Å². The van der Waals surface area contributed by atoms with E-state index >= 15 is 0 Å². The zero-order valence-corrected chi connectivity index (χ0v) is 7.12. The van der Waals surface area contributed by atoms with Gasteiger partial charge < -0.3 is 1.43 Å². The van der Waals surface area contributed by atoms with Gasteiger partial charge in [-0.1, -0.05) is 0 Å². The Morgan fingerprint density at radius 2 is 1.80 bits per heavy atom. The van der Waals surface area contributed by atoms with E-state index in [1.807, 2.05) is 0 Å². The summed E-state index contributed by atoms with van der Waals surface area (Å²) in [6.45, 7) is 0. The molecule has 0 bridgehead atoms. The van der Waals surface area contributed by atoms with Crippen molar-refractivity contribution in [3.05, 3.63) is 0 Å². The second-order valence-electron chi connectivity index (χ2n) is 0.105. The average molecular weight is 120 g/mol. The van der Waals surface area contributed by atoms with Gasteiger partial charge in [-0.2, -0.15) is 0 Å². The minimum atomic E-state index is -1.50. The molecule has 0 saturated heterocycles. The summed E-state index contributed by atoms with van der Waals surface area (Å²) in [5.41, 5.74) is 0. The SMILES string of the molecule is F.[H-].[K+].[O]=[Al][OH]. The Balaban J connectivity index is -0.00000000667. The van der Waals surface area contributed by atoms with Gasteiger partial charge in [0.1, 0.15) is 0 Å². The first-order valence-corrected chi connectivity index (χ1v) is 1.48. The van der Waals surface area contributed by atoms with E-state index in [9.17, 15) is 0 Å². The summed E-state index contributed by atoms with van der Waals surface area (Å²) >= 11 is -1.50. The maximum atomic E-state index is 8.57. The van der Waals surface area contributed by atoms with Crippen molar-refractivity contribution in [3.8, 4) is 0 Å². The Morgan fingerprint density at radius 1 is 1.80 bits per heavy atom. The van der Waals surface area contributed by atoms with E-state index in [1.165, 1.54) is 0 Å². The molecule has 0 rings (SSSR count). The Morgan fingerprint density at radius 3 is 1.80 bits per heavy atom. The number of halogens is 1. The van der Waals surface area contributed by atoms with Gasteiger partial charge in [0.25, 0.3) is 0 Å². The predicted octanol–water partition coefficient (Wildman–Crippen LogP) is -3.79. The first-order valence-electron chi connectivity index (χ1n) is 0.494. The average Bonchev–Trinajstić information content (AvgIpc) is 0.918. The van der Waals surface area contributed by atoms with E-state index in [-0.39, 0.29) is 57.5 Å². The van der Waals surface area contributed by atoms with E-state index in [0.29, 0.717) is 0 Å². The Labute approximate surface area is 79.5 Å². The van der Waals surface area contributed by atoms with Gasteiger partial charge in [0.15, 0.2) is 0 Å². The molecule has 0 aliphatic heterocycles. The molecule has 1 N–H and O–H groups in total. The van der Waals surface area contributed by atoms with Crippen LogP contribution < -0.4 is 51.4 Å². The van der Waals surface area contributed by atoms with Gasteiger partial charge in [-0.3, -0.25) is 4.70 Å². The van der Waals surface area contributed by atoms with Crippen LogP contribution in [0.2, 0.25) is 0 Å². The van der Waals surface area contributed by atoms with Gasteiger partial charge in [0.2, 0.25) is 0 Å². The normalized spacial score (nSPS) is 1.60. The van der Waals surface area contributed by atoms with Crippen LogP contribution in [0, 0.1) is 0 Å². The first kappa shape index (κ1) is 15.9. The molecule has 0 unspecified atom stereocenters. The zero-order chi connectivity index (χ0) is 2.71. The number of rotatable bonds is 0. The molecular formula is H3AlFKO2. The van der Waals surface area contributed by atoms with Gasteiger partial charge in [0, 0.05) is 0 Å². The van der Waals surface area contributed by atoms with Crippen molar-refractivity contribution < 1.29 is 65.5 Å². The Bertz CT molecular complexity index is 21.0. The molecule has 0 atom stereocenters. The van der Waals surface area contributed by atoms with Crippen LogP contribution in [0.4, 0.5) is 4.70 Å². The number of hydrogen-bond acceptors (Lipinski definition) is 1. The van der Waals surface area contributed by atoms with Gasteiger partial charge in [-0.15, -0.1) is 0 Å². The third-order valence-corrected chi connectivity index (χ3v) is 0. The summed E-state index contributed by atoms with van der Waals surface area (Å²) in [5.74, 6) is 0. The van der Waals surface area contributed by atoms with Crippen molar-refractivity contribution in [2.75, 3.05) is 0 Å². The van der Waals surface area contributed by atoms with Crippen LogP contribution >= 0.6 is 0 Å². The molecule has 2 nitrogen and oxygen atoms in total. The van der Waals surface area contributed by atoms with Crippen LogP contribution in [0.3, 0.4) is 0 Å². The monoisotopic (exact) mass is 120 g/mol. The van der Waals surface area contributed by atoms with Crippen LogP contribution in [0.15, 0.2) is 0 Å². The van der Waals surface area contributed by atoms with Crippen LogP contribution in [-0.4, -0.2) is 19.6 Å². The molecule has 0 spiro atoms. The summed E-state index contributed by atoms with van der Waals surface area (Å²) in [7, 11) is 0. The van der Waals surface area contributed by atoms with Crippen LogP contribution in [0.25, 0.3) is 0 Å². The molecular weight excluding hydrogens is 117 g/mol. The van der Waals surface area contributed by atoms with Gasteiger partial charge in [-0.25, -0.2) is 0 Å². The first-order chi connectivity index (χ1) is 1.41.